The van der Waals surface area contributed by atoms with Crippen LogP contribution in [0.25, 0.3) is 0 Å². The second-order valence-electron chi connectivity index (χ2n) is 4.28. The topological polar surface area (TPSA) is 81.4 Å². The second kappa shape index (κ2) is 5.16. The van der Waals surface area contributed by atoms with Crippen molar-refractivity contribution in [2.24, 2.45) is 0 Å². The molecule has 0 spiro atoms. The van der Waals surface area contributed by atoms with Crippen LogP contribution in [0.5, 0.6) is 0 Å². The highest BCUT2D eigenvalue weighted by molar-refractivity contribution is 9.10. The molecule has 1 aliphatic rings. The monoisotopic (exact) mass is 334 g/mol. The Morgan fingerprint density at radius 1 is 1.50 bits per heavy atom. The number of benzene rings is 1. The van der Waals surface area contributed by atoms with Crippen molar-refractivity contribution < 1.29 is 13.2 Å². The summed E-state index contributed by atoms with van der Waals surface area (Å²) in [6, 6.07) is 4.44. The van der Waals surface area contributed by atoms with E-state index < -0.39 is 10.0 Å². The molecule has 1 aromatic rings. The van der Waals surface area contributed by atoms with E-state index in [9.17, 15) is 8.42 Å². The number of hydrogen-bond donors (Lipinski definition) is 2. The van der Waals surface area contributed by atoms with Crippen LogP contribution in [0.1, 0.15) is 13.3 Å². The molecule has 5 nitrogen and oxygen atoms in total. The molecule has 0 radical (unpaired) electrons. The van der Waals surface area contributed by atoms with Crippen molar-refractivity contribution in [1.29, 1.82) is 0 Å². The second-order valence-corrected chi connectivity index (χ2v) is 6.82. The van der Waals surface area contributed by atoms with Gasteiger partial charge in [-0.05, 0) is 47.5 Å². The molecule has 3 N–H and O–H groups in total. The summed E-state index contributed by atoms with van der Waals surface area (Å²) in [6.45, 7) is 2.44. The van der Waals surface area contributed by atoms with Crippen molar-refractivity contribution in [2.45, 2.75) is 30.4 Å². The third-order valence-electron chi connectivity index (χ3n) is 2.93. The smallest absolute Gasteiger partial charge is 0.242 e. The standard InChI is InChI=1S/C11H15BrN2O3S/c1-7-10(4-5-17-7)14-18(15,16)11-3-2-8(13)6-9(11)12/h2-3,6-7,10,14H,4-5,13H2,1H3. The molecular formula is C11H15BrN2O3S. The van der Waals surface area contributed by atoms with Gasteiger partial charge in [0.25, 0.3) is 0 Å². The van der Waals surface area contributed by atoms with Gasteiger partial charge in [0.15, 0.2) is 0 Å². The van der Waals surface area contributed by atoms with E-state index in [0.717, 1.165) is 0 Å². The largest absolute Gasteiger partial charge is 0.399 e. The maximum absolute atomic E-state index is 12.2. The first-order chi connectivity index (χ1) is 8.40. The summed E-state index contributed by atoms with van der Waals surface area (Å²) in [5.74, 6) is 0. The Hall–Kier alpha value is -0.630. The van der Waals surface area contributed by atoms with E-state index in [-0.39, 0.29) is 17.0 Å². The molecule has 1 saturated heterocycles. The minimum atomic E-state index is -3.56. The third kappa shape index (κ3) is 2.85. The Balaban J connectivity index is 2.25. The van der Waals surface area contributed by atoms with Crippen LogP contribution >= 0.6 is 15.9 Å². The molecule has 100 valence electrons. The number of anilines is 1. The summed E-state index contributed by atoms with van der Waals surface area (Å²) < 4.78 is 32.9. The Morgan fingerprint density at radius 3 is 2.78 bits per heavy atom. The summed E-state index contributed by atoms with van der Waals surface area (Å²) in [7, 11) is -3.56. The minimum Gasteiger partial charge on any atom is -0.399 e. The molecule has 2 unspecified atom stereocenters. The number of ether oxygens (including phenoxy) is 1. The molecule has 0 bridgehead atoms. The highest BCUT2D eigenvalue weighted by atomic mass is 79.9. The van der Waals surface area contributed by atoms with Crippen molar-refractivity contribution in [3.8, 4) is 0 Å². The maximum Gasteiger partial charge on any atom is 0.242 e. The molecule has 1 aliphatic heterocycles. The van der Waals surface area contributed by atoms with Crippen LogP contribution in [0.15, 0.2) is 27.6 Å². The molecule has 1 aromatic carbocycles. The number of nitrogens with one attached hydrogen (secondary N) is 1. The zero-order valence-electron chi connectivity index (χ0n) is 9.89. The molecular weight excluding hydrogens is 320 g/mol. The number of hydrogen-bond acceptors (Lipinski definition) is 4. The van der Waals surface area contributed by atoms with E-state index >= 15 is 0 Å². The van der Waals surface area contributed by atoms with Gasteiger partial charge in [-0.25, -0.2) is 13.1 Å². The van der Waals surface area contributed by atoms with Gasteiger partial charge in [-0.1, -0.05) is 0 Å². The predicted octanol–water partition coefficient (Wildman–Crippen LogP) is 1.49. The lowest BCUT2D eigenvalue weighted by atomic mass is 10.2. The first kappa shape index (κ1) is 13.8. The van der Waals surface area contributed by atoms with Gasteiger partial charge in [0.1, 0.15) is 0 Å². The Labute approximate surface area is 115 Å². The molecule has 2 rings (SSSR count). The van der Waals surface area contributed by atoms with E-state index in [1.165, 1.54) is 6.07 Å². The zero-order valence-corrected chi connectivity index (χ0v) is 12.3. The van der Waals surface area contributed by atoms with Gasteiger partial charge in [-0.2, -0.15) is 0 Å². The molecule has 0 saturated carbocycles. The van der Waals surface area contributed by atoms with Crippen LogP contribution in [0.3, 0.4) is 0 Å². The lowest BCUT2D eigenvalue weighted by Crippen LogP contribution is -2.39. The summed E-state index contributed by atoms with van der Waals surface area (Å²) in [6.07, 6.45) is 0.583. The average molecular weight is 335 g/mol. The Bertz CT molecular complexity index is 547. The predicted molar refractivity (Wildman–Crippen MR) is 72.7 cm³/mol. The Morgan fingerprint density at radius 2 is 2.22 bits per heavy atom. The fourth-order valence-corrected chi connectivity index (χ4v) is 4.32. The fraction of sp³-hybridized carbons (Fsp3) is 0.455. The van der Waals surface area contributed by atoms with Gasteiger partial charge in [0.05, 0.1) is 17.0 Å². The van der Waals surface area contributed by atoms with Crippen molar-refractivity contribution >= 4 is 31.6 Å². The number of halogens is 1. The Kier molecular flexibility index (Phi) is 3.96. The lowest BCUT2D eigenvalue weighted by molar-refractivity contribution is 0.117. The van der Waals surface area contributed by atoms with E-state index in [0.29, 0.717) is 23.2 Å². The van der Waals surface area contributed by atoms with E-state index in [4.69, 9.17) is 10.5 Å². The number of nitrogens with two attached hydrogens (primary N) is 1. The number of sulfonamides is 1. The summed E-state index contributed by atoms with van der Waals surface area (Å²) in [4.78, 5) is 0.191. The van der Waals surface area contributed by atoms with Crippen LogP contribution in [0.2, 0.25) is 0 Å². The van der Waals surface area contributed by atoms with Crippen LogP contribution in [0.4, 0.5) is 5.69 Å². The molecule has 18 heavy (non-hydrogen) atoms. The lowest BCUT2D eigenvalue weighted by Gasteiger charge is -2.17. The summed E-state index contributed by atoms with van der Waals surface area (Å²) >= 11 is 3.22. The van der Waals surface area contributed by atoms with E-state index in [1.54, 1.807) is 12.1 Å². The van der Waals surface area contributed by atoms with Crippen molar-refractivity contribution in [2.75, 3.05) is 12.3 Å². The van der Waals surface area contributed by atoms with Gasteiger partial charge < -0.3 is 10.5 Å². The highest BCUT2D eigenvalue weighted by Crippen LogP contribution is 2.25. The normalized spacial score (nSPS) is 24.3. The minimum absolute atomic E-state index is 0.104. The third-order valence-corrected chi connectivity index (χ3v) is 5.39. The van der Waals surface area contributed by atoms with Crippen molar-refractivity contribution in [3.05, 3.63) is 22.7 Å². The summed E-state index contributed by atoms with van der Waals surface area (Å²) in [5, 5.41) is 0. The van der Waals surface area contributed by atoms with Crippen LogP contribution in [-0.4, -0.2) is 27.2 Å². The van der Waals surface area contributed by atoms with Crippen molar-refractivity contribution in [1.82, 2.24) is 4.72 Å². The summed E-state index contributed by atoms with van der Waals surface area (Å²) in [5.41, 5.74) is 6.10. The first-order valence-electron chi connectivity index (χ1n) is 5.59. The van der Waals surface area contributed by atoms with Crippen LogP contribution < -0.4 is 10.5 Å². The van der Waals surface area contributed by atoms with Crippen LogP contribution in [0, 0.1) is 0 Å². The fourth-order valence-electron chi connectivity index (χ4n) is 1.88. The SMILES string of the molecule is CC1OCCC1NS(=O)(=O)c1ccc(N)cc1Br. The van der Waals surface area contributed by atoms with Gasteiger partial charge in [-0.3, -0.25) is 0 Å². The van der Waals surface area contributed by atoms with E-state index in [1.807, 2.05) is 6.92 Å². The average Bonchev–Trinajstić information content (AvgIpc) is 2.63. The van der Waals surface area contributed by atoms with Crippen molar-refractivity contribution in [3.63, 3.8) is 0 Å². The van der Waals surface area contributed by atoms with Crippen LogP contribution in [-0.2, 0) is 14.8 Å². The molecule has 0 aliphatic carbocycles. The van der Waals surface area contributed by atoms with Gasteiger partial charge in [0.2, 0.25) is 10.0 Å². The molecule has 1 fully saturated rings. The van der Waals surface area contributed by atoms with Gasteiger partial charge >= 0.3 is 0 Å². The quantitative estimate of drug-likeness (QED) is 0.820. The molecule has 7 heteroatoms. The highest BCUT2D eigenvalue weighted by Gasteiger charge is 2.29. The number of rotatable bonds is 3. The molecule has 2 atom stereocenters. The molecule has 0 aromatic heterocycles. The van der Waals surface area contributed by atoms with E-state index in [2.05, 4.69) is 20.7 Å². The molecule has 0 amide bonds. The zero-order chi connectivity index (χ0) is 13.3. The number of nitrogen functional groups attached to an aromatic ring is 1. The molecule has 1 heterocycles. The van der Waals surface area contributed by atoms with Gasteiger partial charge in [0, 0.05) is 16.8 Å². The first-order valence-corrected chi connectivity index (χ1v) is 7.87. The maximum atomic E-state index is 12.2. The van der Waals surface area contributed by atoms with Gasteiger partial charge in [-0.15, -0.1) is 0 Å².